The third-order valence-electron chi connectivity index (χ3n) is 4.12. The first-order valence-corrected chi connectivity index (χ1v) is 7.65. The maximum absolute atomic E-state index is 13.3. The summed E-state index contributed by atoms with van der Waals surface area (Å²) in [5, 5.41) is 2.74. The number of H-pyrrole nitrogens is 1. The van der Waals surface area contributed by atoms with Gasteiger partial charge in [0.25, 0.3) is 0 Å². The summed E-state index contributed by atoms with van der Waals surface area (Å²) in [5.74, 6) is -1.000. The van der Waals surface area contributed by atoms with E-state index in [-0.39, 0.29) is 17.6 Å². The molecule has 3 aromatic rings. The molecule has 2 aromatic carbocycles. The molecule has 6 nitrogen and oxygen atoms in total. The molecule has 7 heteroatoms. The van der Waals surface area contributed by atoms with Crippen LogP contribution in [0.2, 0.25) is 0 Å². The monoisotopic (exact) mass is 341 g/mol. The number of aromatic amines is 1. The van der Waals surface area contributed by atoms with Crippen molar-refractivity contribution in [1.82, 2.24) is 9.55 Å². The standard InChI is InChI=1S/C18H16FN3O3/c1-10-4-3-5-13(11(10)2)20-16(23)9-22-15-7-6-12(19)8-14(15)21-17(24)18(22)25/h3-8H,9H2,1-2H3,(H,20,23)(H,21,24). The molecule has 1 heterocycles. The highest BCUT2D eigenvalue weighted by atomic mass is 19.1. The summed E-state index contributed by atoms with van der Waals surface area (Å²) < 4.78 is 14.4. The van der Waals surface area contributed by atoms with Crippen molar-refractivity contribution in [3.63, 3.8) is 0 Å². The van der Waals surface area contributed by atoms with Gasteiger partial charge in [0.05, 0.1) is 11.0 Å². The SMILES string of the molecule is Cc1cccc(NC(=O)Cn2c(=O)c(=O)[nH]c3cc(F)ccc32)c1C. The lowest BCUT2D eigenvalue weighted by molar-refractivity contribution is -0.116. The Balaban J connectivity index is 1.99. The third-order valence-corrected chi connectivity index (χ3v) is 4.12. The molecule has 0 fully saturated rings. The maximum Gasteiger partial charge on any atom is 0.317 e. The van der Waals surface area contributed by atoms with Crippen molar-refractivity contribution in [3.8, 4) is 0 Å². The van der Waals surface area contributed by atoms with Crippen molar-refractivity contribution in [1.29, 1.82) is 0 Å². The average molecular weight is 341 g/mol. The van der Waals surface area contributed by atoms with Gasteiger partial charge in [-0.05, 0) is 49.2 Å². The molecule has 0 bridgehead atoms. The van der Waals surface area contributed by atoms with Crippen molar-refractivity contribution in [3.05, 3.63) is 74.0 Å². The zero-order valence-corrected chi connectivity index (χ0v) is 13.7. The Morgan fingerprint density at radius 2 is 1.96 bits per heavy atom. The number of carbonyl (C=O) groups is 1. The van der Waals surface area contributed by atoms with Crippen LogP contribution in [0.5, 0.6) is 0 Å². The molecule has 0 saturated heterocycles. The van der Waals surface area contributed by atoms with Gasteiger partial charge < -0.3 is 10.3 Å². The molecule has 0 atom stereocenters. The Morgan fingerprint density at radius 1 is 1.20 bits per heavy atom. The molecule has 0 aliphatic carbocycles. The molecule has 0 spiro atoms. The average Bonchev–Trinajstić information content (AvgIpc) is 2.56. The van der Waals surface area contributed by atoms with Crippen LogP contribution in [0.25, 0.3) is 11.0 Å². The molecule has 25 heavy (non-hydrogen) atoms. The molecule has 1 amide bonds. The zero-order chi connectivity index (χ0) is 18.1. The lowest BCUT2D eigenvalue weighted by Crippen LogP contribution is -2.38. The summed E-state index contributed by atoms with van der Waals surface area (Å²) >= 11 is 0. The molecular formula is C18H16FN3O3. The minimum atomic E-state index is -0.905. The normalized spacial score (nSPS) is 10.8. The first-order chi connectivity index (χ1) is 11.9. The molecule has 0 aliphatic rings. The summed E-state index contributed by atoms with van der Waals surface area (Å²) in [4.78, 5) is 38.6. The molecule has 3 rings (SSSR count). The van der Waals surface area contributed by atoms with Crippen LogP contribution in [0.4, 0.5) is 10.1 Å². The molecule has 1 aromatic heterocycles. The number of amides is 1. The van der Waals surface area contributed by atoms with Gasteiger partial charge in [0.1, 0.15) is 12.4 Å². The van der Waals surface area contributed by atoms with Gasteiger partial charge in [-0.2, -0.15) is 0 Å². The van der Waals surface area contributed by atoms with Crippen LogP contribution in [0.15, 0.2) is 46.0 Å². The first kappa shape index (κ1) is 16.6. The van der Waals surface area contributed by atoms with E-state index < -0.39 is 22.8 Å². The fourth-order valence-corrected chi connectivity index (χ4v) is 2.63. The molecule has 128 valence electrons. The van der Waals surface area contributed by atoms with E-state index in [0.29, 0.717) is 5.69 Å². The predicted octanol–water partition coefficient (Wildman–Crippen LogP) is 2.08. The van der Waals surface area contributed by atoms with Gasteiger partial charge in [0.2, 0.25) is 5.91 Å². The molecule has 2 N–H and O–H groups in total. The van der Waals surface area contributed by atoms with Crippen LogP contribution < -0.4 is 16.4 Å². The van der Waals surface area contributed by atoms with E-state index in [9.17, 15) is 18.8 Å². The maximum atomic E-state index is 13.3. The minimum Gasteiger partial charge on any atom is -0.324 e. The first-order valence-electron chi connectivity index (χ1n) is 7.65. The van der Waals surface area contributed by atoms with Gasteiger partial charge >= 0.3 is 11.1 Å². The fourth-order valence-electron chi connectivity index (χ4n) is 2.63. The van der Waals surface area contributed by atoms with E-state index in [0.717, 1.165) is 21.8 Å². The van der Waals surface area contributed by atoms with Gasteiger partial charge in [0, 0.05) is 5.69 Å². The third kappa shape index (κ3) is 3.21. The summed E-state index contributed by atoms with van der Waals surface area (Å²) in [6, 6.07) is 9.12. The molecule has 0 aliphatic heterocycles. The fraction of sp³-hybridized carbons (Fsp3) is 0.167. The lowest BCUT2D eigenvalue weighted by atomic mass is 10.1. The second-order valence-electron chi connectivity index (χ2n) is 5.80. The molecular weight excluding hydrogens is 325 g/mol. The van der Waals surface area contributed by atoms with Crippen LogP contribution in [0.3, 0.4) is 0 Å². The second-order valence-corrected chi connectivity index (χ2v) is 5.80. The van der Waals surface area contributed by atoms with E-state index in [1.54, 1.807) is 6.07 Å². The number of carbonyl (C=O) groups excluding carboxylic acids is 1. The number of aryl methyl sites for hydroxylation is 1. The van der Waals surface area contributed by atoms with E-state index in [1.807, 2.05) is 26.0 Å². The quantitative estimate of drug-likeness (QED) is 0.716. The Labute approximate surface area is 141 Å². The number of aromatic nitrogens is 2. The summed E-state index contributed by atoms with van der Waals surface area (Å²) in [6.07, 6.45) is 0. The van der Waals surface area contributed by atoms with Crippen LogP contribution in [0.1, 0.15) is 11.1 Å². The number of anilines is 1. The topological polar surface area (TPSA) is 84.0 Å². The Bertz CT molecular complexity index is 1100. The molecule has 0 radical (unpaired) electrons. The number of halogens is 1. The second kappa shape index (κ2) is 6.35. The van der Waals surface area contributed by atoms with E-state index in [1.165, 1.54) is 12.1 Å². The highest BCUT2D eigenvalue weighted by molar-refractivity contribution is 5.92. The van der Waals surface area contributed by atoms with Gasteiger partial charge in [-0.15, -0.1) is 0 Å². The van der Waals surface area contributed by atoms with E-state index >= 15 is 0 Å². The Morgan fingerprint density at radius 3 is 2.72 bits per heavy atom. The molecule has 0 saturated carbocycles. The summed E-state index contributed by atoms with van der Waals surface area (Å²) in [7, 11) is 0. The van der Waals surface area contributed by atoms with E-state index in [2.05, 4.69) is 10.3 Å². The van der Waals surface area contributed by atoms with Crippen molar-refractivity contribution in [2.45, 2.75) is 20.4 Å². The van der Waals surface area contributed by atoms with Crippen molar-refractivity contribution in [2.75, 3.05) is 5.32 Å². The lowest BCUT2D eigenvalue weighted by Gasteiger charge is -2.12. The number of nitrogens with zero attached hydrogens (tertiary/aromatic N) is 1. The Hall–Kier alpha value is -3.22. The van der Waals surface area contributed by atoms with Gasteiger partial charge in [-0.25, -0.2) is 4.39 Å². The van der Waals surface area contributed by atoms with Gasteiger partial charge in [-0.1, -0.05) is 12.1 Å². The zero-order valence-electron chi connectivity index (χ0n) is 13.7. The number of hydrogen-bond donors (Lipinski definition) is 2. The van der Waals surface area contributed by atoms with Crippen molar-refractivity contribution in [2.24, 2.45) is 0 Å². The number of hydrogen-bond acceptors (Lipinski definition) is 3. The smallest absolute Gasteiger partial charge is 0.317 e. The highest BCUT2D eigenvalue weighted by Crippen LogP contribution is 2.18. The van der Waals surface area contributed by atoms with Crippen molar-refractivity contribution >= 4 is 22.6 Å². The predicted molar refractivity (Wildman–Crippen MR) is 93.3 cm³/mol. The summed E-state index contributed by atoms with van der Waals surface area (Å²) in [6.45, 7) is 3.45. The van der Waals surface area contributed by atoms with Gasteiger partial charge in [-0.3, -0.25) is 19.0 Å². The van der Waals surface area contributed by atoms with Crippen LogP contribution in [0, 0.1) is 19.7 Å². The number of rotatable bonds is 3. The van der Waals surface area contributed by atoms with Crippen LogP contribution in [-0.4, -0.2) is 15.5 Å². The van der Waals surface area contributed by atoms with Crippen molar-refractivity contribution < 1.29 is 9.18 Å². The number of fused-ring (bicyclic) bond motifs is 1. The number of benzene rings is 2. The van der Waals surface area contributed by atoms with Crippen LogP contribution in [-0.2, 0) is 11.3 Å². The van der Waals surface area contributed by atoms with E-state index in [4.69, 9.17) is 0 Å². The number of nitrogens with one attached hydrogen (secondary N) is 2. The summed E-state index contributed by atoms with van der Waals surface area (Å²) in [5.41, 5.74) is 1.24. The largest absolute Gasteiger partial charge is 0.324 e. The molecule has 0 unspecified atom stereocenters. The van der Waals surface area contributed by atoms with Crippen LogP contribution >= 0.6 is 0 Å². The Kier molecular flexibility index (Phi) is 4.22. The van der Waals surface area contributed by atoms with Gasteiger partial charge in [0.15, 0.2) is 0 Å². The minimum absolute atomic E-state index is 0.157. The highest BCUT2D eigenvalue weighted by Gasteiger charge is 2.13.